The summed E-state index contributed by atoms with van der Waals surface area (Å²) in [6.07, 6.45) is 0. The van der Waals surface area contributed by atoms with Crippen molar-refractivity contribution in [3.63, 3.8) is 0 Å². The van der Waals surface area contributed by atoms with Crippen molar-refractivity contribution in [1.82, 2.24) is 4.72 Å². The summed E-state index contributed by atoms with van der Waals surface area (Å²) in [6, 6.07) is 11.1. The topological polar surface area (TPSA) is 46.2 Å². The molecule has 0 aliphatic carbocycles. The fourth-order valence-electron chi connectivity index (χ4n) is 1.76. The van der Waals surface area contributed by atoms with Gasteiger partial charge in [0.25, 0.3) is 0 Å². The molecule has 0 bridgehead atoms. The van der Waals surface area contributed by atoms with Crippen LogP contribution in [0.4, 0.5) is 0 Å². The Morgan fingerprint density at radius 3 is 2.29 bits per heavy atom. The van der Waals surface area contributed by atoms with Gasteiger partial charge in [-0.15, -0.1) is 0 Å². The number of nitrogens with one attached hydrogen (secondary N) is 1. The average Bonchev–Trinajstić information content (AvgIpc) is 2.42. The van der Waals surface area contributed by atoms with Crippen LogP contribution in [0, 0.1) is 0 Å². The van der Waals surface area contributed by atoms with E-state index < -0.39 is 10.0 Å². The minimum atomic E-state index is -3.63. The zero-order chi connectivity index (χ0) is 15.6. The van der Waals surface area contributed by atoms with Crippen molar-refractivity contribution in [2.45, 2.75) is 17.9 Å². The maximum Gasteiger partial charge on any atom is 0.241 e. The van der Waals surface area contributed by atoms with Gasteiger partial charge in [-0.2, -0.15) is 0 Å². The average molecular weight is 409 g/mol. The monoisotopic (exact) mass is 407 g/mol. The number of rotatable bonds is 4. The van der Waals surface area contributed by atoms with E-state index in [1.165, 1.54) is 18.2 Å². The summed E-state index contributed by atoms with van der Waals surface area (Å²) in [5.74, 6) is 0. The maximum atomic E-state index is 12.3. The highest BCUT2D eigenvalue weighted by Crippen LogP contribution is 2.26. The van der Waals surface area contributed by atoms with E-state index in [9.17, 15) is 8.42 Å². The zero-order valence-corrected chi connectivity index (χ0v) is 14.9. The van der Waals surface area contributed by atoms with Crippen LogP contribution in [-0.2, 0) is 10.0 Å². The molecule has 0 aliphatic heterocycles. The first-order valence-corrected chi connectivity index (χ1v) is 9.05. The van der Waals surface area contributed by atoms with Gasteiger partial charge in [-0.1, -0.05) is 35.3 Å². The second-order valence-electron chi connectivity index (χ2n) is 4.47. The lowest BCUT2D eigenvalue weighted by atomic mass is 10.1. The van der Waals surface area contributed by atoms with Crippen LogP contribution in [0.2, 0.25) is 10.0 Å². The van der Waals surface area contributed by atoms with Gasteiger partial charge >= 0.3 is 0 Å². The molecule has 0 amide bonds. The molecule has 0 saturated heterocycles. The van der Waals surface area contributed by atoms with Crippen LogP contribution in [0.25, 0.3) is 0 Å². The molecule has 1 unspecified atom stereocenters. The summed E-state index contributed by atoms with van der Waals surface area (Å²) in [6.45, 7) is 1.77. The number of sulfonamides is 1. The highest BCUT2D eigenvalue weighted by atomic mass is 79.9. The molecule has 112 valence electrons. The van der Waals surface area contributed by atoms with E-state index in [-0.39, 0.29) is 10.9 Å². The van der Waals surface area contributed by atoms with Crippen LogP contribution < -0.4 is 4.72 Å². The van der Waals surface area contributed by atoms with Crippen molar-refractivity contribution < 1.29 is 8.42 Å². The lowest BCUT2D eigenvalue weighted by Crippen LogP contribution is -2.26. The SMILES string of the molecule is CC(NS(=O)(=O)c1ccc(Cl)c(Br)c1)c1ccc(Cl)cc1. The van der Waals surface area contributed by atoms with Crippen molar-refractivity contribution >= 4 is 49.2 Å². The Hall–Kier alpha value is -0.590. The minimum Gasteiger partial charge on any atom is -0.207 e. The molecular weight excluding hydrogens is 397 g/mol. The molecule has 0 aromatic heterocycles. The lowest BCUT2D eigenvalue weighted by molar-refractivity contribution is 0.567. The van der Waals surface area contributed by atoms with Gasteiger partial charge in [0.15, 0.2) is 0 Å². The van der Waals surface area contributed by atoms with Crippen LogP contribution >= 0.6 is 39.1 Å². The Morgan fingerprint density at radius 1 is 1.10 bits per heavy atom. The Balaban J connectivity index is 2.24. The lowest BCUT2D eigenvalue weighted by Gasteiger charge is -2.15. The Bertz CT molecular complexity index is 748. The summed E-state index contributed by atoms with van der Waals surface area (Å²) in [4.78, 5) is 0.152. The molecule has 3 nitrogen and oxygen atoms in total. The third kappa shape index (κ3) is 4.20. The second-order valence-corrected chi connectivity index (χ2v) is 7.88. The predicted octanol–water partition coefficient (Wildman–Crippen LogP) is 4.80. The highest BCUT2D eigenvalue weighted by Gasteiger charge is 2.19. The third-order valence-electron chi connectivity index (χ3n) is 2.90. The summed E-state index contributed by atoms with van der Waals surface area (Å²) < 4.78 is 27.8. The first-order chi connectivity index (χ1) is 9.79. The van der Waals surface area contributed by atoms with E-state index >= 15 is 0 Å². The molecule has 0 radical (unpaired) electrons. The van der Waals surface area contributed by atoms with E-state index in [0.717, 1.165) is 5.56 Å². The largest absolute Gasteiger partial charge is 0.241 e. The minimum absolute atomic E-state index is 0.152. The third-order valence-corrected chi connectivity index (χ3v) is 5.91. The van der Waals surface area contributed by atoms with E-state index in [2.05, 4.69) is 20.7 Å². The Kier molecular flexibility index (Phi) is 5.33. The van der Waals surface area contributed by atoms with Crippen LogP contribution in [-0.4, -0.2) is 8.42 Å². The molecule has 0 saturated carbocycles. The van der Waals surface area contributed by atoms with Gasteiger partial charge < -0.3 is 0 Å². The molecule has 2 aromatic carbocycles. The summed E-state index contributed by atoms with van der Waals surface area (Å²) in [7, 11) is -3.63. The Morgan fingerprint density at radius 2 is 1.71 bits per heavy atom. The molecule has 2 rings (SSSR count). The molecule has 0 fully saturated rings. The number of halogens is 3. The fourth-order valence-corrected chi connectivity index (χ4v) is 3.80. The normalized spacial score (nSPS) is 13.1. The molecule has 21 heavy (non-hydrogen) atoms. The molecule has 0 aliphatic rings. The first-order valence-electron chi connectivity index (χ1n) is 6.02. The van der Waals surface area contributed by atoms with Crippen molar-refractivity contribution in [2.24, 2.45) is 0 Å². The van der Waals surface area contributed by atoms with Gasteiger partial charge in [0.2, 0.25) is 10.0 Å². The Labute approximate surface area is 142 Å². The van der Waals surface area contributed by atoms with E-state index in [1.807, 2.05) is 0 Å². The van der Waals surface area contributed by atoms with Gasteiger partial charge in [-0.3, -0.25) is 0 Å². The standard InChI is InChI=1S/C14H12BrCl2NO2S/c1-9(10-2-4-11(16)5-3-10)18-21(19,20)12-6-7-14(17)13(15)8-12/h2-9,18H,1H3. The highest BCUT2D eigenvalue weighted by molar-refractivity contribution is 9.10. The molecule has 1 atom stereocenters. The quantitative estimate of drug-likeness (QED) is 0.789. The molecule has 0 heterocycles. The summed E-state index contributed by atoms with van der Waals surface area (Å²) in [5.41, 5.74) is 0.830. The van der Waals surface area contributed by atoms with Crippen LogP contribution in [0.5, 0.6) is 0 Å². The molecule has 0 spiro atoms. The van der Waals surface area contributed by atoms with Crippen molar-refractivity contribution in [1.29, 1.82) is 0 Å². The fraction of sp³-hybridized carbons (Fsp3) is 0.143. The summed E-state index contributed by atoms with van der Waals surface area (Å²) in [5, 5.41) is 1.06. The van der Waals surface area contributed by atoms with Gasteiger partial charge in [0, 0.05) is 15.5 Å². The van der Waals surface area contributed by atoms with Gasteiger partial charge in [-0.05, 0) is 58.7 Å². The maximum absolute atomic E-state index is 12.3. The smallest absolute Gasteiger partial charge is 0.207 e. The van der Waals surface area contributed by atoms with Gasteiger partial charge in [-0.25, -0.2) is 13.1 Å². The van der Waals surface area contributed by atoms with E-state index in [1.54, 1.807) is 31.2 Å². The van der Waals surface area contributed by atoms with E-state index in [0.29, 0.717) is 14.5 Å². The molecule has 1 N–H and O–H groups in total. The number of benzene rings is 2. The van der Waals surface area contributed by atoms with Crippen LogP contribution in [0.3, 0.4) is 0 Å². The zero-order valence-electron chi connectivity index (χ0n) is 11.0. The van der Waals surface area contributed by atoms with Gasteiger partial charge in [0.05, 0.1) is 9.92 Å². The first kappa shape index (κ1) is 16.8. The summed E-state index contributed by atoms with van der Waals surface area (Å²) >= 11 is 14.9. The van der Waals surface area contributed by atoms with Crippen molar-refractivity contribution in [2.75, 3.05) is 0 Å². The molecule has 2 aromatic rings. The molecule has 7 heteroatoms. The number of hydrogen-bond acceptors (Lipinski definition) is 2. The molecular formula is C14H12BrCl2NO2S. The second kappa shape index (κ2) is 6.67. The van der Waals surface area contributed by atoms with E-state index in [4.69, 9.17) is 23.2 Å². The van der Waals surface area contributed by atoms with Crippen molar-refractivity contribution in [3.05, 3.63) is 62.5 Å². The van der Waals surface area contributed by atoms with Crippen LogP contribution in [0.15, 0.2) is 51.8 Å². The van der Waals surface area contributed by atoms with Crippen molar-refractivity contribution in [3.8, 4) is 0 Å². The van der Waals surface area contributed by atoms with Crippen LogP contribution in [0.1, 0.15) is 18.5 Å². The number of hydrogen-bond donors (Lipinski definition) is 1. The van der Waals surface area contributed by atoms with Gasteiger partial charge in [0.1, 0.15) is 0 Å². The predicted molar refractivity (Wildman–Crippen MR) is 89.3 cm³/mol.